The van der Waals surface area contributed by atoms with Gasteiger partial charge in [0.25, 0.3) is 5.91 Å². The average molecular weight is 415 g/mol. The minimum Gasteiger partial charge on any atom is -0.341 e. The lowest BCUT2D eigenvalue weighted by Crippen LogP contribution is -2.55. The molecule has 2 heterocycles. The van der Waals surface area contributed by atoms with Crippen molar-refractivity contribution in [3.63, 3.8) is 0 Å². The Kier molecular flexibility index (Phi) is 7.34. The summed E-state index contributed by atoms with van der Waals surface area (Å²) in [6.07, 6.45) is 3.42. The zero-order valence-electron chi connectivity index (χ0n) is 18.3. The molecule has 2 aliphatic rings. The molecular weight excluding hydrogens is 380 g/mol. The molecule has 1 aromatic rings. The van der Waals surface area contributed by atoms with E-state index in [0.29, 0.717) is 31.5 Å². The molecule has 1 aromatic carbocycles. The van der Waals surface area contributed by atoms with Gasteiger partial charge in [0.05, 0.1) is 0 Å². The lowest BCUT2D eigenvalue weighted by Gasteiger charge is -2.37. The third kappa shape index (κ3) is 5.32. The Balaban J connectivity index is 1.70. The van der Waals surface area contributed by atoms with Gasteiger partial charge < -0.3 is 20.4 Å². The van der Waals surface area contributed by atoms with Crippen LogP contribution in [0, 0.1) is 12.8 Å². The van der Waals surface area contributed by atoms with Crippen molar-refractivity contribution in [1.29, 1.82) is 0 Å². The molecule has 2 fully saturated rings. The Hall–Kier alpha value is -2.57. The zero-order valence-corrected chi connectivity index (χ0v) is 18.3. The molecule has 0 bridgehead atoms. The molecule has 0 aromatic heterocycles. The zero-order chi connectivity index (χ0) is 21.7. The van der Waals surface area contributed by atoms with E-state index in [2.05, 4.69) is 10.6 Å². The fourth-order valence-electron chi connectivity index (χ4n) is 4.34. The molecule has 2 N–H and O–H groups in total. The smallest absolute Gasteiger partial charge is 0.317 e. The summed E-state index contributed by atoms with van der Waals surface area (Å²) in [5.74, 6) is -0.167. The van der Waals surface area contributed by atoms with E-state index < -0.39 is 6.04 Å². The Morgan fingerprint density at radius 1 is 0.933 bits per heavy atom. The number of urea groups is 1. The van der Waals surface area contributed by atoms with Gasteiger partial charge in [0.1, 0.15) is 6.04 Å². The summed E-state index contributed by atoms with van der Waals surface area (Å²) >= 11 is 0. The van der Waals surface area contributed by atoms with Gasteiger partial charge in [0.15, 0.2) is 0 Å². The number of carbonyl (C=O) groups is 3. The van der Waals surface area contributed by atoms with Crippen molar-refractivity contribution in [3.05, 3.63) is 35.4 Å². The second-order valence-corrected chi connectivity index (χ2v) is 8.73. The number of aryl methyl sites for hydroxylation is 1. The van der Waals surface area contributed by atoms with Crippen molar-refractivity contribution < 1.29 is 14.4 Å². The van der Waals surface area contributed by atoms with E-state index in [1.54, 1.807) is 11.0 Å². The number of hydrogen-bond acceptors (Lipinski definition) is 3. The number of piperidine rings is 1. The van der Waals surface area contributed by atoms with Crippen LogP contribution in [0.5, 0.6) is 0 Å². The fourth-order valence-corrected chi connectivity index (χ4v) is 4.34. The maximum atomic E-state index is 13.3. The largest absolute Gasteiger partial charge is 0.341 e. The first kappa shape index (κ1) is 22.1. The van der Waals surface area contributed by atoms with E-state index in [-0.39, 0.29) is 29.8 Å². The van der Waals surface area contributed by atoms with Crippen LogP contribution < -0.4 is 10.6 Å². The van der Waals surface area contributed by atoms with Gasteiger partial charge in [0, 0.05) is 37.8 Å². The number of rotatable bonds is 5. The van der Waals surface area contributed by atoms with E-state index in [1.165, 1.54) is 0 Å². The summed E-state index contributed by atoms with van der Waals surface area (Å²) in [4.78, 5) is 42.2. The quantitative estimate of drug-likeness (QED) is 0.777. The summed E-state index contributed by atoms with van der Waals surface area (Å²) in [6, 6.07) is 6.91. The van der Waals surface area contributed by atoms with Crippen LogP contribution in [0.3, 0.4) is 0 Å². The summed E-state index contributed by atoms with van der Waals surface area (Å²) < 4.78 is 0. The molecule has 164 valence electrons. The topological polar surface area (TPSA) is 81.8 Å². The van der Waals surface area contributed by atoms with Gasteiger partial charge in [-0.15, -0.1) is 0 Å². The lowest BCUT2D eigenvalue weighted by molar-refractivity contribution is -0.134. The van der Waals surface area contributed by atoms with Crippen molar-refractivity contribution in [2.45, 2.75) is 58.5 Å². The number of hydrogen-bond donors (Lipinski definition) is 2. The van der Waals surface area contributed by atoms with E-state index >= 15 is 0 Å². The number of nitrogens with one attached hydrogen (secondary N) is 2. The molecule has 7 nitrogen and oxygen atoms in total. The second-order valence-electron chi connectivity index (χ2n) is 8.73. The van der Waals surface area contributed by atoms with Crippen LogP contribution >= 0.6 is 0 Å². The Morgan fingerprint density at radius 2 is 1.57 bits per heavy atom. The van der Waals surface area contributed by atoms with Gasteiger partial charge in [-0.3, -0.25) is 9.59 Å². The molecule has 1 unspecified atom stereocenters. The highest BCUT2D eigenvalue weighted by Crippen LogP contribution is 2.24. The summed E-state index contributed by atoms with van der Waals surface area (Å²) in [6.45, 7) is 8.47. The van der Waals surface area contributed by atoms with Crippen molar-refractivity contribution in [2.75, 3.05) is 26.2 Å². The first-order valence-electron chi connectivity index (χ1n) is 11.1. The number of carbonyl (C=O) groups excluding carboxylic acids is 3. The third-order valence-electron chi connectivity index (χ3n) is 6.07. The van der Waals surface area contributed by atoms with Crippen LogP contribution in [0.4, 0.5) is 4.79 Å². The highest BCUT2D eigenvalue weighted by atomic mass is 16.2. The summed E-state index contributed by atoms with van der Waals surface area (Å²) in [5, 5.41) is 5.97. The second kappa shape index (κ2) is 9.96. The van der Waals surface area contributed by atoms with Crippen LogP contribution in [0.2, 0.25) is 0 Å². The first-order valence-corrected chi connectivity index (χ1v) is 11.1. The molecule has 2 aliphatic heterocycles. The molecule has 0 saturated carbocycles. The first-order chi connectivity index (χ1) is 14.4. The Labute approximate surface area is 179 Å². The molecule has 0 spiro atoms. The van der Waals surface area contributed by atoms with E-state index in [1.807, 2.05) is 43.9 Å². The molecule has 0 aliphatic carbocycles. The van der Waals surface area contributed by atoms with Crippen molar-refractivity contribution in [3.8, 4) is 0 Å². The van der Waals surface area contributed by atoms with Crippen LogP contribution in [0.1, 0.15) is 55.5 Å². The molecule has 30 heavy (non-hydrogen) atoms. The highest BCUT2D eigenvalue weighted by Gasteiger charge is 2.37. The van der Waals surface area contributed by atoms with Crippen LogP contribution in [-0.4, -0.2) is 65.9 Å². The van der Waals surface area contributed by atoms with Gasteiger partial charge in [-0.2, -0.15) is 0 Å². The normalized spacial score (nSPS) is 18.4. The summed E-state index contributed by atoms with van der Waals surface area (Å²) in [5.41, 5.74) is 1.49. The maximum Gasteiger partial charge on any atom is 0.317 e. The van der Waals surface area contributed by atoms with Gasteiger partial charge in [0.2, 0.25) is 5.91 Å². The molecule has 2 saturated heterocycles. The number of nitrogens with zero attached hydrogens (tertiary/aromatic N) is 2. The standard InChI is InChI=1S/C23H34N4O3/c1-16(2)24-23(30)27-14-10-18(11-15-27)20(22(29)26-12-6-7-13-26)25-21(28)19-9-5-4-8-17(19)3/h4-5,8-9,16,18,20H,6-7,10-15H2,1-3H3,(H,24,30)(H,25,28). The van der Waals surface area contributed by atoms with E-state index in [4.69, 9.17) is 0 Å². The fraction of sp³-hybridized carbons (Fsp3) is 0.609. The van der Waals surface area contributed by atoms with Crippen molar-refractivity contribution in [1.82, 2.24) is 20.4 Å². The van der Waals surface area contributed by atoms with E-state index in [0.717, 1.165) is 31.5 Å². The van der Waals surface area contributed by atoms with Crippen LogP contribution in [0.15, 0.2) is 24.3 Å². The minimum absolute atomic E-state index is 0.0134. The predicted octanol–water partition coefficient (Wildman–Crippen LogP) is 2.55. The Morgan fingerprint density at radius 3 is 2.17 bits per heavy atom. The van der Waals surface area contributed by atoms with Gasteiger partial charge in [-0.05, 0) is 64.0 Å². The molecule has 3 rings (SSSR count). The minimum atomic E-state index is -0.550. The van der Waals surface area contributed by atoms with Crippen LogP contribution in [0.25, 0.3) is 0 Å². The Bertz CT molecular complexity index is 765. The summed E-state index contributed by atoms with van der Waals surface area (Å²) in [7, 11) is 0. The van der Waals surface area contributed by atoms with Gasteiger partial charge in [-0.25, -0.2) is 4.79 Å². The molecule has 0 radical (unpaired) electrons. The van der Waals surface area contributed by atoms with Crippen LogP contribution in [-0.2, 0) is 4.79 Å². The van der Waals surface area contributed by atoms with Crippen molar-refractivity contribution >= 4 is 17.8 Å². The number of benzene rings is 1. The monoisotopic (exact) mass is 414 g/mol. The van der Waals surface area contributed by atoms with Gasteiger partial charge in [-0.1, -0.05) is 18.2 Å². The third-order valence-corrected chi connectivity index (χ3v) is 6.07. The molecular formula is C23H34N4O3. The predicted molar refractivity (Wildman–Crippen MR) is 116 cm³/mol. The van der Waals surface area contributed by atoms with E-state index in [9.17, 15) is 14.4 Å². The van der Waals surface area contributed by atoms with Crippen molar-refractivity contribution in [2.24, 2.45) is 5.92 Å². The highest BCUT2D eigenvalue weighted by molar-refractivity contribution is 5.98. The lowest BCUT2D eigenvalue weighted by atomic mass is 9.88. The molecule has 7 heteroatoms. The van der Waals surface area contributed by atoms with Gasteiger partial charge >= 0.3 is 6.03 Å². The maximum absolute atomic E-state index is 13.3. The molecule has 4 amide bonds. The number of likely N-dealkylation sites (tertiary alicyclic amines) is 2. The SMILES string of the molecule is Cc1ccccc1C(=O)NC(C(=O)N1CCCC1)C1CCN(C(=O)NC(C)C)CC1. The number of amides is 4. The molecule has 1 atom stereocenters. The average Bonchev–Trinajstić information content (AvgIpc) is 3.26.